The highest BCUT2D eigenvalue weighted by molar-refractivity contribution is 5.98. The third-order valence-corrected chi connectivity index (χ3v) is 2.52. The molecule has 0 fully saturated rings. The van der Waals surface area contributed by atoms with Gasteiger partial charge >= 0.3 is 0 Å². The van der Waals surface area contributed by atoms with Crippen LogP contribution in [0.25, 0.3) is 10.8 Å². The van der Waals surface area contributed by atoms with Crippen LogP contribution in [-0.2, 0) is 0 Å². The van der Waals surface area contributed by atoms with Crippen molar-refractivity contribution < 1.29 is 9.53 Å². The van der Waals surface area contributed by atoms with Gasteiger partial charge in [0.05, 0.1) is 0 Å². The van der Waals surface area contributed by atoms with Gasteiger partial charge in [-0.25, -0.2) is 0 Å². The second-order valence-electron chi connectivity index (χ2n) is 3.73. The number of ether oxygens (including phenoxy) is 1. The van der Waals surface area contributed by atoms with Crippen LogP contribution >= 0.6 is 0 Å². The van der Waals surface area contributed by atoms with Gasteiger partial charge in [0.1, 0.15) is 11.8 Å². The van der Waals surface area contributed by atoms with Gasteiger partial charge < -0.3 is 4.74 Å². The minimum absolute atomic E-state index is 0.0387. The molecule has 0 saturated carbocycles. The second-order valence-corrected chi connectivity index (χ2v) is 3.73. The van der Waals surface area contributed by atoms with E-state index in [0.717, 1.165) is 10.8 Å². The molecule has 0 atom stereocenters. The van der Waals surface area contributed by atoms with Crippen LogP contribution in [0, 0.1) is 11.3 Å². The smallest absolute Gasteiger partial charge is 0.174 e. The van der Waals surface area contributed by atoms with Crippen molar-refractivity contribution in [2.24, 2.45) is 0 Å². The number of benzene rings is 2. The molecule has 0 amide bonds. The number of fused-ring (bicyclic) bond motifs is 1. The number of rotatable bonds is 3. The van der Waals surface area contributed by atoms with E-state index in [4.69, 9.17) is 10.00 Å². The molecule has 3 nitrogen and oxygen atoms in total. The van der Waals surface area contributed by atoms with Crippen LogP contribution in [0.5, 0.6) is 5.75 Å². The van der Waals surface area contributed by atoms with Crippen molar-refractivity contribution >= 4 is 16.6 Å². The molecule has 17 heavy (non-hydrogen) atoms. The molecule has 2 aromatic rings. The van der Waals surface area contributed by atoms with Gasteiger partial charge in [-0.05, 0) is 35.9 Å². The lowest BCUT2D eigenvalue weighted by molar-refractivity contribution is 0.101. The summed E-state index contributed by atoms with van der Waals surface area (Å²) in [5, 5.41) is 10.4. The number of Topliss-reactive ketones (excluding diaryl/α,β-unsaturated/α-hetero) is 1. The van der Waals surface area contributed by atoms with Crippen molar-refractivity contribution in [3.05, 3.63) is 42.0 Å². The summed E-state index contributed by atoms with van der Waals surface area (Å²) in [6.07, 6.45) is 0. The van der Waals surface area contributed by atoms with Crippen molar-refractivity contribution in [2.75, 3.05) is 6.61 Å². The zero-order chi connectivity index (χ0) is 12.3. The molecule has 0 heterocycles. The lowest BCUT2D eigenvalue weighted by atomic mass is 10.0. The highest BCUT2D eigenvalue weighted by Gasteiger charge is 2.02. The summed E-state index contributed by atoms with van der Waals surface area (Å²) in [7, 11) is 0. The fraction of sp³-hybridized carbons (Fsp3) is 0.143. The van der Waals surface area contributed by atoms with Crippen LogP contribution < -0.4 is 4.74 Å². The number of hydrogen-bond donors (Lipinski definition) is 0. The quantitative estimate of drug-likeness (QED) is 0.754. The van der Waals surface area contributed by atoms with E-state index in [1.807, 2.05) is 30.3 Å². The SMILES string of the molecule is CC(=O)c1ccc2cc(OCC#N)ccc2c1. The molecular weight excluding hydrogens is 214 g/mol. The van der Waals surface area contributed by atoms with Gasteiger partial charge in [-0.3, -0.25) is 4.79 Å². The zero-order valence-corrected chi connectivity index (χ0v) is 9.43. The first-order chi connectivity index (χ1) is 8.20. The zero-order valence-electron chi connectivity index (χ0n) is 9.43. The number of carbonyl (C=O) groups excluding carboxylic acids is 1. The summed E-state index contributed by atoms with van der Waals surface area (Å²) in [6.45, 7) is 1.59. The molecule has 0 N–H and O–H groups in total. The Bertz CT molecular complexity index is 611. The molecule has 0 unspecified atom stereocenters. The van der Waals surface area contributed by atoms with Crippen LogP contribution in [0.4, 0.5) is 0 Å². The maximum atomic E-state index is 11.2. The highest BCUT2D eigenvalue weighted by atomic mass is 16.5. The predicted octanol–water partition coefficient (Wildman–Crippen LogP) is 2.94. The number of nitrogens with zero attached hydrogens (tertiary/aromatic N) is 1. The Balaban J connectivity index is 2.40. The first-order valence-corrected chi connectivity index (χ1v) is 5.25. The topological polar surface area (TPSA) is 50.1 Å². The van der Waals surface area contributed by atoms with Gasteiger partial charge in [0.2, 0.25) is 0 Å². The Morgan fingerprint density at radius 1 is 1.24 bits per heavy atom. The van der Waals surface area contributed by atoms with E-state index in [1.165, 1.54) is 0 Å². The normalized spacial score (nSPS) is 9.88. The summed E-state index contributed by atoms with van der Waals surface area (Å²) in [4.78, 5) is 11.2. The Morgan fingerprint density at radius 2 is 1.94 bits per heavy atom. The van der Waals surface area contributed by atoms with Crippen molar-refractivity contribution in [3.8, 4) is 11.8 Å². The Hall–Kier alpha value is -2.34. The molecule has 2 rings (SSSR count). The van der Waals surface area contributed by atoms with E-state index in [-0.39, 0.29) is 12.4 Å². The van der Waals surface area contributed by atoms with Gasteiger partial charge in [0.15, 0.2) is 12.4 Å². The standard InChI is InChI=1S/C14H11NO2/c1-10(16)11-2-3-13-9-14(17-7-6-15)5-4-12(13)8-11/h2-5,8-9H,7H2,1H3. The monoisotopic (exact) mass is 225 g/mol. The van der Waals surface area contributed by atoms with Crippen LogP contribution in [0.3, 0.4) is 0 Å². The van der Waals surface area contributed by atoms with Gasteiger partial charge in [0, 0.05) is 5.56 Å². The molecule has 0 aliphatic rings. The predicted molar refractivity (Wildman–Crippen MR) is 65.1 cm³/mol. The Morgan fingerprint density at radius 3 is 2.65 bits per heavy atom. The molecule has 0 saturated heterocycles. The Kier molecular flexibility index (Phi) is 3.06. The fourth-order valence-corrected chi connectivity index (χ4v) is 1.65. The molecule has 0 radical (unpaired) electrons. The van der Waals surface area contributed by atoms with E-state index in [1.54, 1.807) is 19.1 Å². The molecular formula is C14H11NO2. The lowest BCUT2D eigenvalue weighted by Gasteiger charge is -2.04. The van der Waals surface area contributed by atoms with E-state index in [0.29, 0.717) is 11.3 Å². The van der Waals surface area contributed by atoms with E-state index >= 15 is 0 Å². The molecule has 0 aliphatic heterocycles. The van der Waals surface area contributed by atoms with Crippen molar-refractivity contribution in [3.63, 3.8) is 0 Å². The molecule has 2 aromatic carbocycles. The third-order valence-electron chi connectivity index (χ3n) is 2.52. The van der Waals surface area contributed by atoms with Gasteiger partial charge in [0.25, 0.3) is 0 Å². The molecule has 0 aliphatic carbocycles. The number of carbonyl (C=O) groups is 1. The number of ketones is 1. The molecule has 84 valence electrons. The van der Waals surface area contributed by atoms with Crippen molar-refractivity contribution in [1.82, 2.24) is 0 Å². The number of nitriles is 1. The van der Waals surface area contributed by atoms with Gasteiger partial charge in [-0.15, -0.1) is 0 Å². The summed E-state index contributed by atoms with van der Waals surface area (Å²) >= 11 is 0. The first kappa shape index (κ1) is 11.2. The van der Waals surface area contributed by atoms with Crippen molar-refractivity contribution in [2.45, 2.75) is 6.92 Å². The van der Waals surface area contributed by atoms with Crippen LogP contribution in [0.1, 0.15) is 17.3 Å². The Labute approximate surface area is 99.2 Å². The average molecular weight is 225 g/mol. The lowest BCUT2D eigenvalue weighted by Crippen LogP contribution is -1.94. The molecule has 0 bridgehead atoms. The van der Waals surface area contributed by atoms with E-state index in [2.05, 4.69) is 0 Å². The van der Waals surface area contributed by atoms with Crippen LogP contribution in [-0.4, -0.2) is 12.4 Å². The van der Waals surface area contributed by atoms with E-state index in [9.17, 15) is 4.79 Å². The number of hydrogen-bond acceptors (Lipinski definition) is 3. The average Bonchev–Trinajstić information content (AvgIpc) is 2.35. The molecule has 0 aromatic heterocycles. The summed E-state index contributed by atoms with van der Waals surface area (Å²) in [5.74, 6) is 0.714. The summed E-state index contributed by atoms with van der Waals surface area (Å²) in [6, 6.07) is 13.0. The highest BCUT2D eigenvalue weighted by Crippen LogP contribution is 2.22. The second kappa shape index (κ2) is 4.67. The first-order valence-electron chi connectivity index (χ1n) is 5.25. The van der Waals surface area contributed by atoms with Gasteiger partial charge in [-0.2, -0.15) is 5.26 Å². The summed E-state index contributed by atoms with van der Waals surface area (Å²) < 4.78 is 5.21. The minimum atomic E-state index is 0.0387. The van der Waals surface area contributed by atoms with E-state index < -0.39 is 0 Å². The minimum Gasteiger partial charge on any atom is -0.479 e. The van der Waals surface area contributed by atoms with Gasteiger partial charge in [-0.1, -0.05) is 18.2 Å². The maximum Gasteiger partial charge on any atom is 0.174 e. The summed E-state index contributed by atoms with van der Waals surface area (Å²) in [5.41, 5.74) is 0.697. The van der Waals surface area contributed by atoms with Crippen molar-refractivity contribution in [1.29, 1.82) is 5.26 Å². The largest absolute Gasteiger partial charge is 0.479 e. The fourth-order valence-electron chi connectivity index (χ4n) is 1.65. The molecule has 3 heteroatoms. The van der Waals surface area contributed by atoms with Crippen LogP contribution in [0.15, 0.2) is 36.4 Å². The van der Waals surface area contributed by atoms with Crippen LogP contribution in [0.2, 0.25) is 0 Å². The molecule has 0 spiro atoms. The third kappa shape index (κ3) is 2.43. The maximum absolute atomic E-state index is 11.2.